The Morgan fingerprint density at radius 3 is 2.71 bits per heavy atom. The summed E-state index contributed by atoms with van der Waals surface area (Å²) in [4.78, 5) is 15.3. The zero-order valence-corrected chi connectivity index (χ0v) is 17.7. The highest BCUT2D eigenvalue weighted by molar-refractivity contribution is 7.97. The molecule has 0 radical (unpaired) electrons. The second kappa shape index (κ2) is 9.56. The molecule has 3 heterocycles. The van der Waals surface area contributed by atoms with E-state index in [0.29, 0.717) is 0 Å². The van der Waals surface area contributed by atoms with Crippen molar-refractivity contribution in [3.8, 4) is 0 Å². The average Bonchev–Trinajstić information content (AvgIpc) is 3.20. The van der Waals surface area contributed by atoms with Crippen molar-refractivity contribution in [2.45, 2.75) is 6.54 Å². The average molecular weight is 415 g/mol. The van der Waals surface area contributed by atoms with Gasteiger partial charge in [-0.2, -0.15) is 4.98 Å². The van der Waals surface area contributed by atoms with E-state index in [0.717, 1.165) is 67.0 Å². The number of benzene rings is 1. The summed E-state index contributed by atoms with van der Waals surface area (Å²) >= 11 is 3.42. The van der Waals surface area contributed by atoms with Crippen molar-refractivity contribution in [1.29, 1.82) is 0 Å². The first-order valence-electron chi connectivity index (χ1n) is 9.61. The molecule has 148 valence electrons. The lowest BCUT2D eigenvalue weighted by Crippen LogP contribution is -2.45. The van der Waals surface area contributed by atoms with E-state index in [1.807, 2.05) is 6.07 Å². The third kappa shape index (κ3) is 4.94. The fourth-order valence-electron chi connectivity index (χ4n) is 3.15. The molecule has 0 unspecified atom stereocenters. The Morgan fingerprint density at radius 2 is 1.89 bits per heavy atom. The Labute approximate surface area is 174 Å². The molecule has 0 amide bonds. The van der Waals surface area contributed by atoms with Crippen LogP contribution in [0.25, 0.3) is 10.2 Å². The van der Waals surface area contributed by atoms with Gasteiger partial charge in [-0.25, -0.2) is 4.98 Å². The number of aromatic nitrogens is 2. The number of piperazine rings is 1. The van der Waals surface area contributed by atoms with E-state index in [1.165, 1.54) is 5.56 Å². The van der Waals surface area contributed by atoms with E-state index in [-0.39, 0.29) is 0 Å². The predicted molar refractivity (Wildman–Crippen MR) is 121 cm³/mol. The van der Waals surface area contributed by atoms with Crippen LogP contribution in [0.2, 0.25) is 0 Å². The van der Waals surface area contributed by atoms with Crippen LogP contribution in [0.15, 0.2) is 41.8 Å². The third-order valence-corrected chi connectivity index (χ3v) is 6.38. The maximum Gasteiger partial charge on any atom is 0.228 e. The molecule has 0 saturated carbocycles. The van der Waals surface area contributed by atoms with Gasteiger partial charge in [0, 0.05) is 45.0 Å². The zero-order valence-electron chi connectivity index (χ0n) is 16.1. The summed E-state index contributed by atoms with van der Waals surface area (Å²) in [5.74, 6) is 2.76. The number of nitrogens with zero attached hydrogens (tertiary/aromatic N) is 4. The minimum Gasteiger partial charge on any atom is -0.368 e. The summed E-state index contributed by atoms with van der Waals surface area (Å²) in [5.41, 5.74) is 1.30. The molecule has 0 aliphatic carbocycles. The van der Waals surface area contributed by atoms with Gasteiger partial charge < -0.3 is 15.1 Å². The first kappa shape index (κ1) is 19.4. The van der Waals surface area contributed by atoms with Crippen LogP contribution in [0, 0.1) is 0 Å². The molecule has 2 N–H and O–H groups in total. The zero-order chi connectivity index (χ0) is 19.2. The molecule has 28 heavy (non-hydrogen) atoms. The van der Waals surface area contributed by atoms with Crippen molar-refractivity contribution in [2.24, 2.45) is 0 Å². The SMILES string of the molecule is CN1CCN(c2nc(NCCSNCc3ccccc3)c3ccsc3n2)CC1. The van der Waals surface area contributed by atoms with Crippen LogP contribution >= 0.6 is 23.3 Å². The van der Waals surface area contributed by atoms with Gasteiger partial charge in [0.05, 0.1) is 5.39 Å². The molecule has 4 rings (SSSR count). The maximum atomic E-state index is 4.85. The smallest absolute Gasteiger partial charge is 0.228 e. The molecule has 0 atom stereocenters. The lowest BCUT2D eigenvalue weighted by Gasteiger charge is -2.32. The molecule has 0 spiro atoms. The number of hydrogen-bond acceptors (Lipinski definition) is 8. The van der Waals surface area contributed by atoms with Gasteiger partial charge in [0.15, 0.2) is 0 Å². The van der Waals surface area contributed by atoms with Crippen molar-refractivity contribution in [1.82, 2.24) is 19.6 Å². The van der Waals surface area contributed by atoms with Crippen LogP contribution in [-0.4, -0.2) is 60.4 Å². The number of thiophene rings is 1. The second-order valence-corrected chi connectivity index (χ2v) is 8.76. The van der Waals surface area contributed by atoms with Crippen LogP contribution in [0.3, 0.4) is 0 Å². The fourth-order valence-corrected chi connectivity index (χ4v) is 4.53. The summed E-state index contributed by atoms with van der Waals surface area (Å²) in [7, 11) is 2.16. The monoisotopic (exact) mass is 414 g/mol. The molecule has 0 bridgehead atoms. The van der Waals surface area contributed by atoms with Crippen LogP contribution in [0.4, 0.5) is 11.8 Å². The molecule has 1 saturated heterocycles. The Kier molecular flexibility index (Phi) is 6.64. The molecule has 1 aliphatic rings. The quantitative estimate of drug-likeness (QED) is 0.433. The van der Waals surface area contributed by atoms with Gasteiger partial charge in [-0.3, -0.25) is 4.72 Å². The van der Waals surface area contributed by atoms with Crippen LogP contribution < -0.4 is 14.9 Å². The molecular weight excluding hydrogens is 388 g/mol. The van der Waals surface area contributed by atoms with Gasteiger partial charge in [-0.15, -0.1) is 11.3 Å². The first-order valence-corrected chi connectivity index (χ1v) is 11.5. The molecule has 8 heteroatoms. The van der Waals surface area contributed by atoms with Crippen molar-refractivity contribution >= 4 is 45.3 Å². The largest absolute Gasteiger partial charge is 0.368 e. The highest BCUT2D eigenvalue weighted by Gasteiger charge is 2.18. The van der Waals surface area contributed by atoms with Crippen LogP contribution in [-0.2, 0) is 6.54 Å². The van der Waals surface area contributed by atoms with E-state index in [1.54, 1.807) is 23.3 Å². The van der Waals surface area contributed by atoms with Crippen molar-refractivity contribution in [3.63, 3.8) is 0 Å². The number of fused-ring (bicyclic) bond motifs is 1. The van der Waals surface area contributed by atoms with Gasteiger partial charge in [-0.1, -0.05) is 42.3 Å². The van der Waals surface area contributed by atoms with Gasteiger partial charge in [0.25, 0.3) is 0 Å². The lowest BCUT2D eigenvalue weighted by molar-refractivity contribution is 0.311. The van der Waals surface area contributed by atoms with E-state index in [9.17, 15) is 0 Å². The molecule has 6 nitrogen and oxygen atoms in total. The van der Waals surface area contributed by atoms with Crippen LogP contribution in [0.5, 0.6) is 0 Å². The van der Waals surface area contributed by atoms with E-state index < -0.39 is 0 Å². The summed E-state index contributed by atoms with van der Waals surface area (Å²) in [5, 5.41) is 6.73. The number of nitrogens with one attached hydrogen (secondary N) is 2. The number of hydrogen-bond donors (Lipinski definition) is 2. The topological polar surface area (TPSA) is 56.3 Å². The van der Waals surface area contributed by atoms with E-state index in [4.69, 9.17) is 9.97 Å². The summed E-state index contributed by atoms with van der Waals surface area (Å²) in [6.45, 7) is 5.80. The van der Waals surface area contributed by atoms with E-state index in [2.05, 4.69) is 62.6 Å². The van der Waals surface area contributed by atoms with Gasteiger partial charge in [-0.05, 0) is 24.1 Å². The minimum atomic E-state index is 0.848. The van der Waals surface area contributed by atoms with Gasteiger partial charge >= 0.3 is 0 Å². The Morgan fingerprint density at radius 1 is 1.07 bits per heavy atom. The third-order valence-electron chi connectivity index (χ3n) is 4.82. The Hall–Kier alpha value is -1.87. The molecule has 1 aliphatic heterocycles. The molecule has 1 fully saturated rings. The van der Waals surface area contributed by atoms with Crippen molar-refractivity contribution < 1.29 is 0 Å². The summed E-state index contributed by atoms with van der Waals surface area (Å²) in [6.07, 6.45) is 0. The van der Waals surface area contributed by atoms with Crippen LogP contribution in [0.1, 0.15) is 5.56 Å². The lowest BCUT2D eigenvalue weighted by atomic mass is 10.2. The number of anilines is 2. The predicted octanol–water partition coefficient (Wildman–Crippen LogP) is 3.29. The summed E-state index contributed by atoms with van der Waals surface area (Å²) < 4.78 is 3.42. The highest BCUT2D eigenvalue weighted by atomic mass is 32.2. The standard InChI is InChI=1S/C20H26N6S2/c1-25-9-11-26(12-10-25)20-23-18(17-7-13-27-19(17)24-20)21-8-14-28-22-15-16-5-3-2-4-6-16/h2-7,13,22H,8-12,14-15H2,1H3,(H,21,23,24). The van der Waals surface area contributed by atoms with E-state index >= 15 is 0 Å². The Balaban J connectivity index is 1.32. The van der Waals surface area contributed by atoms with Crippen molar-refractivity contribution in [2.75, 3.05) is 55.7 Å². The highest BCUT2D eigenvalue weighted by Crippen LogP contribution is 2.28. The molecule has 3 aromatic rings. The first-order chi connectivity index (χ1) is 13.8. The van der Waals surface area contributed by atoms with Crippen molar-refractivity contribution in [3.05, 3.63) is 47.3 Å². The Bertz CT molecular complexity index is 877. The second-order valence-electron chi connectivity index (χ2n) is 6.88. The normalized spacial score (nSPS) is 15.2. The van der Waals surface area contributed by atoms with Gasteiger partial charge in [0.1, 0.15) is 10.6 Å². The molecule has 2 aromatic heterocycles. The molecular formula is C20H26N6S2. The molecule has 1 aromatic carbocycles. The number of likely N-dealkylation sites (N-methyl/N-ethyl adjacent to an activating group) is 1. The number of rotatable bonds is 8. The summed E-state index contributed by atoms with van der Waals surface area (Å²) in [6, 6.07) is 12.6. The maximum absolute atomic E-state index is 4.85. The van der Waals surface area contributed by atoms with Gasteiger partial charge in [0.2, 0.25) is 5.95 Å². The fraction of sp³-hybridized carbons (Fsp3) is 0.400. The minimum absolute atomic E-state index is 0.848.